The quantitative estimate of drug-likeness (QED) is 0.795. The first-order valence-electron chi connectivity index (χ1n) is 10.6. The molecule has 4 rings (SSSR count). The maximum Gasteiger partial charge on any atom is 0.132 e. The number of nitrogens with zero attached hydrogens (tertiary/aromatic N) is 6. The van der Waals surface area contributed by atoms with Gasteiger partial charge in [0.1, 0.15) is 11.6 Å². The molecule has 1 aliphatic heterocycles. The number of piperazine rings is 1. The molecule has 0 amide bonds. The molecule has 1 aliphatic carbocycles. The summed E-state index contributed by atoms with van der Waals surface area (Å²) in [5, 5.41) is 0. The number of aryl methyl sites for hydroxylation is 2. The molecule has 0 aromatic carbocycles. The van der Waals surface area contributed by atoms with Crippen molar-refractivity contribution in [3.63, 3.8) is 0 Å². The van der Waals surface area contributed by atoms with Gasteiger partial charge < -0.3 is 9.80 Å². The van der Waals surface area contributed by atoms with Gasteiger partial charge in [-0.2, -0.15) is 0 Å². The van der Waals surface area contributed by atoms with Crippen molar-refractivity contribution < 1.29 is 0 Å². The Labute approximate surface area is 168 Å². The lowest BCUT2D eigenvalue weighted by Crippen LogP contribution is -2.45. The summed E-state index contributed by atoms with van der Waals surface area (Å²) in [6, 6.07) is 6.89. The molecular weight excluding hydrogens is 348 g/mol. The summed E-state index contributed by atoms with van der Waals surface area (Å²) in [7, 11) is 2.18. The molecule has 1 unspecified atom stereocenters. The van der Waals surface area contributed by atoms with Gasteiger partial charge >= 0.3 is 0 Å². The molecule has 2 aromatic rings. The third-order valence-electron chi connectivity index (χ3n) is 6.08. The second-order valence-corrected chi connectivity index (χ2v) is 8.07. The molecule has 1 saturated heterocycles. The zero-order valence-electron chi connectivity index (χ0n) is 17.4. The lowest BCUT2D eigenvalue weighted by atomic mass is 9.90. The fourth-order valence-corrected chi connectivity index (χ4v) is 4.48. The fourth-order valence-electron chi connectivity index (χ4n) is 4.48. The van der Waals surface area contributed by atoms with Gasteiger partial charge in [-0.3, -0.25) is 9.88 Å². The number of anilines is 1. The minimum Gasteiger partial charge on any atom is -0.354 e. The topological polar surface area (TPSA) is 48.4 Å². The van der Waals surface area contributed by atoms with Crippen LogP contribution in [0.25, 0.3) is 0 Å². The molecule has 3 heterocycles. The van der Waals surface area contributed by atoms with E-state index in [9.17, 15) is 0 Å². The van der Waals surface area contributed by atoms with Crippen molar-refractivity contribution >= 4 is 5.82 Å². The van der Waals surface area contributed by atoms with E-state index in [4.69, 9.17) is 15.0 Å². The first-order valence-corrected chi connectivity index (χ1v) is 10.6. The lowest BCUT2D eigenvalue weighted by Gasteiger charge is -2.35. The Morgan fingerprint density at radius 1 is 1.18 bits per heavy atom. The summed E-state index contributed by atoms with van der Waals surface area (Å²) in [6.45, 7) is 10.3. The Kier molecular flexibility index (Phi) is 5.87. The summed E-state index contributed by atoms with van der Waals surface area (Å²) < 4.78 is 0. The van der Waals surface area contributed by atoms with Crippen LogP contribution in [0.15, 0.2) is 24.4 Å². The molecule has 6 nitrogen and oxygen atoms in total. The number of rotatable bonds is 5. The standard InChI is InChI=1S/C22H32N6/c1-4-27(20-9-5-7-18-8-6-10-23-22(18)20)16-19-15-21(25-17(2)24-19)28-13-11-26(3)12-14-28/h6,8,10,15,20H,4-5,7,9,11-14,16H2,1-3H3. The minimum atomic E-state index is 0.386. The second kappa shape index (κ2) is 8.53. The van der Waals surface area contributed by atoms with E-state index in [1.54, 1.807) is 0 Å². The number of pyridine rings is 1. The smallest absolute Gasteiger partial charge is 0.132 e. The van der Waals surface area contributed by atoms with E-state index in [2.05, 4.69) is 46.9 Å². The number of aromatic nitrogens is 3. The van der Waals surface area contributed by atoms with Gasteiger partial charge in [0.2, 0.25) is 0 Å². The van der Waals surface area contributed by atoms with Crippen LogP contribution in [-0.4, -0.2) is 64.5 Å². The van der Waals surface area contributed by atoms with Gasteiger partial charge in [0.15, 0.2) is 0 Å². The minimum absolute atomic E-state index is 0.386. The Balaban J connectivity index is 1.54. The van der Waals surface area contributed by atoms with Crippen LogP contribution in [-0.2, 0) is 13.0 Å². The summed E-state index contributed by atoms with van der Waals surface area (Å²) in [5.74, 6) is 1.94. The Hall–Kier alpha value is -2.05. The van der Waals surface area contributed by atoms with E-state index in [0.29, 0.717) is 6.04 Å². The fraction of sp³-hybridized carbons (Fsp3) is 0.591. The highest BCUT2D eigenvalue weighted by molar-refractivity contribution is 5.40. The van der Waals surface area contributed by atoms with E-state index >= 15 is 0 Å². The monoisotopic (exact) mass is 380 g/mol. The second-order valence-electron chi connectivity index (χ2n) is 8.07. The summed E-state index contributed by atoms with van der Waals surface area (Å²) >= 11 is 0. The Bertz CT molecular complexity index is 799. The molecule has 28 heavy (non-hydrogen) atoms. The van der Waals surface area contributed by atoms with E-state index < -0.39 is 0 Å². The lowest BCUT2D eigenvalue weighted by molar-refractivity contribution is 0.173. The van der Waals surface area contributed by atoms with Crippen LogP contribution in [0.1, 0.15) is 48.6 Å². The molecule has 150 valence electrons. The highest BCUT2D eigenvalue weighted by Gasteiger charge is 2.27. The molecule has 0 spiro atoms. The maximum atomic E-state index is 4.77. The third-order valence-corrected chi connectivity index (χ3v) is 6.08. The van der Waals surface area contributed by atoms with Gasteiger partial charge in [-0.25, -0.2) is 9.97 Å². The van der Waals surface area contributed by atoms with Gasteiger partial charge in [0, 0.05) is 45.0 Å². The van der Waals surface area contributed by atoms with Crippen molar-refractivity contribution in [3.05, 3.63) is 47.2 Å². The predicted molar refractivity (Wildman–Crippen MR) is 112 cm³/mol. The van der Waals surface area contributed by atoms with Crippen molar-refractivity contribution in [2.75, 3.05) is 44.7 Å². The van der Waals surface area contributed by atoms with Crippen molar-refractivity contribution in [2.24, 2.45) is 0 Å². The number of likely N-dealkylation sites (N-methyl/N-ethyl adjacent to an activating group) is 1. The van der Waals surface area contributed by atoms with Crippen LogP contribution < -0.4 is 4.90 Å². The SMILES string of the molecule is CCN(Cc1cc(N2CCN(C)CC2)nc(C)n1)C1CCCc2cccnc21. The average Bonchev–Trinajstić information content (AvgIpc) is 2.72. The first kappa shape index (κ1) is 19.3. The van der Waals surface area contributed by atoms with Gasteiger partial charge in [-0.15, -0.1) is 0 Å². The molecule has 1 fully saturated rings. The number of fused-ring (bicyclic) bond motifs is 1. The third kappa shape index (κ3) is 4.18. The molecule has 2 aliphatic rings. The van der Waals surface area contributed by atoms with Gasteiger partial charge in [-0.1, -0.05) is 13.0 Å². The normalized spacial score (nSPS) is 20.4. The maximum absolute atomic E-state index is 4.77. The Morgan fingerprint density at radius 3 is 2.79 bits per heavy atom. The van der Waals surface area contributed by atoms with E-state index in [0.717, 1.165) is 63.0 Å². The highest BCUT2D eigenvalue weighted by atomic mass is 15.3. The van der Waals surface area contributed by atoms with Crippen molar-refractivity contribution in [2.45, 2.75) is 45.7 Å². The van der Waals surface area contributed by atoms with E-state index in [1.807, 2.05) is 13.1 Å². The predicted octanol–water partition coefficient (Wildman–Crippen LogP) is 2.83. The molecular formula is C22H32N6. The molecule has 0 radical (unpaired) electrons. The highest BCUT2D eigenvalue weighted by Crippen LogP contribution is 2.33. The average molecular weight is 381 g/mol. The van der Waals surface area contributed by atoms with Crippen LogP contribution in [0.5, 0.6) is 0 Å². The van der Waals surface area contributed by atoms with Crippen molar-refractivity contribution in [1.29, 1.82) is 0 Å². The largest absolute Gasteiger partial charge is 0.354 e. The molecule has 0 saturated carbocycles. The number of hydrogen-bond donors (Lipinski definition) is 0. The zero-order valence-corrected chi connectivity index (χ0v) is 17.4. The van der Waals surface area contributed by atoms with E-state index in [-0.39, 0.29) is 0 Å². The molecule has 1 atom stereocenters. The summed E-state index contributed by atoms with van der Waals surface area (Å²) in [5.41, 5.74) is 3.79. The van der Waals surface area contributed by atoms with Crippen LogP contribution in [0.2, 0.25) is 0 Å². The number of hydrogen-bond acceptors (Lipinski definition) is 6. The molecule has 0 bridgehead atoms. The van der Waals surface area contributed by atoms with Gasteiger partial charge in [0.25, 0.3) is 0 Å². The zero-order chi connectivity index (χ0) is 19.5. The van der Waals surface area contributed by atoms with Crippen LogP contribution >= 0.6 is 0 Å². The summed E-state index contributed by atoms with van der Waals surface area (Å²) in [6.07, 6.45) is 5.49. The summed E-state index contributed by atoms with van der Waals surface area (Å²) in [4.78, 5) is 21.5. The Morgan fingerprint density at radius 2 is 2.00 bits per heavy atom. The van der Waals surface area contributed by atoms with Gasteiger partial charge in [-0.05, 0) is 51.4 Å². The van der Waals surface area contributed by atoms with E-state index in [1.165, 1.54) is 24.1 Å². The van der Waals surface area contributed by atoms with Gasteiger partial charge in [0.05, 0.1) is 17.4 Å². The molecule has 2 aromatic heterocycles. The molecule has 0 N–H and O–H groups in total. The first-order chi connectivity index (χ1) is 13.6. The van der Waals surface area contributed by atoms with Crippen molar-refractivity contribution in [1.82, 2.24) is 24.8 Å². The van der Waals surface area contributed by atoms with Crippen LogP contribution in [0.3, 0.4) is 0 Å². The molecule has 6 heteroatoms. The van der Waals surface area contributed by atoms with Crippen molar-refractivity contribution in [3.8, 4) is 0 Å². The van der Waals surface area contributed by atoms with Crippen LogP contribution in [0, 0.1) is 6.92 Å². The van der Waals surface area contributed by atoms with Crippen LogP contribution in [0.4, 0.5) is 5.82 Å².